The Hall–Kier alpha value is -3.75. The molecule has 0 spiro atoms. The molecule has 8 nitrogen and oxygen atoms in total. The number of para-hydroxylation sites is 1. The zero-order chi connectivity index (χ0) is 22.2. The number of aryl methyl sites for hydroxylation is 1. The fraction of sp³-hybridized carbons (Fsp3) is 0.208. The van der Waals surface area contributed by atoms with Gasteiger partial charge in [-0.15, -0.1) is 0 Å². The van der Waals surface area contributed by atoms with Crippen LogP contribution in [-0.4, -0.2) is 46.7 Å². The molecule has 0 radical (unpaired) electrons. The molecule has 0 atom stereocenters. The molecule has 0 aliphatic carbocycles. The molecule has 0 bridgehead atoms. The molecular formula is C24H23N5O3. The topological polar surface area (TPSA) is 101 Å². The third kappa shape index (κ3) is 3.30. The molecule has 4 heterocycles. The lowest BCUT2D eigenvalue weighted by atomic mass is 9.95. The van der Waals surface area contributed by atoms with E-state index in [2.05, 4.69) is 20.7 Å². The molecule has 32 heavy (non-hydrogen) atoms. The Morgan fingerprint density at radius 1 is 1.12 bits per heavy atom. The van der Waals surface area contributed by atoms with E-state index in [1.807, 2.05) is 49.5 Å². The van der Waals surface area contributed by atoms with Crippen molar-refractivity contribution in [3.8, 4) is 0 Å². The SMILES string of the molecule is COCCNCc1ccn2nc(C)c(C3=C(c4c[nH]c5ccccc45)C(=O)NC3=O)c2c1. The number of fused-ring (bicyclic) bond motifs is 2. The van der Waals surface area contributed by atoms with E-state index in [-0.39, 0.29) is 0 Å². The van der Waals surface area contributed by atoms with Crippen molar-refractivity contribution in [1.29, 1.82) is 0 Å². The van der Waals surface area contributed by atoms with Crippen molar-refractivity contribution in [3.05, 3.63) is 71.2 Å². The van der Waals surface area contributed by atoms with E-state index in [1.165, 1.54) is 0 Å². The number of hydrogen-bond donors (Lipinski definition) is 3. The summed E-state index contributed by atoms with van der Waals surface area (Å²) in [7, 11) is 1.67. The summed E-state index contributed by atoms with van der Waals surface area (Å²) >= 11 is 0. The summed E-state index contributed by atoms with van der Waals surface area (Å²) in [4.78, 5) is 29.1. The van der Waals surface area contributed by atoms with Gasteiger partial charge in [0, 0.05) is 54.6 Å². The minimum absolute atomic E-state index is 0.358. The zero-order valence-corrected chi connectivity index (χ0v) is 17.9. The van der Waals surface area contributed by atoms with Crippen LogP contribution >= 0.6 is 0 Å². The van der Waals surface area contributed by atoms with Crippen LogP contribution < -0.4 is 10.6 Å². The number of amides is 2. The number of nitrogens with one attached hydrogen (secondary N) is 3. The second-order valence-electron chi connectivity index (χ2n) is 7.78. The van der Waals surface area contributed by atoms with Crippen LogP contribution in [0.4, 0.5) is 0 Å². The Labute approximate surface area is 184 Å². The molecule has 4 aromatic rings. The largest absolute Gasteiger partial charge is 0.383 e. The first-order valence-corrected chi connectivity index (χ1v) is 10.4. The maximum Gasteiger partial charge on any atom is 0.259 e. The van der Waals surface area contributed by atoms with Crippen molar-refractivity contribution in [2.75, 3.05) is 20.3 Å². The average Bonchev–Trinajstić information content (AvgIpc) is 3.43. The van der Waals surface area contributed by atoms with Gasteiger partial charge in [0.25, 0.3) is 11.8 Å². The maximum absolute atomic E-state index is 13.0. The highest BCUT2D eigenvalue weighted by Crippen LogP contribution is 2.37. The van der Waals surface area contributed by atoms with Crippen LogP contribution in [0.15, 0.2) is 48.8 Å². The molecule has 0 unspecified atom stereocenters. The molecule has 2 amide bonds. The summed E-state index contributed by atoms with van der Waals surface area (Å²) in [5.41, 5.74) is 5.53. The monoisotopic (exact) mass is 429 g/mol. The van der Waals surface area contributed by atoms with Gasteiger partial charge in [0.1, 0.15) is 0 Å². The minimum atomic E-state index is -0.406. The number of aromatic amines is 1. The summed E-state index contributed by atoms with van der Waals surface area (Å²) in [5.74, 6) is -0.803. The first kappa shape index (κ1) is 20.2. The fourth-order valence-electron chi connectivity index (χ4n) is 4.26. The number of pyridine rings is 1. The standard InChI is InChI=1S/C24H23N5O3/c1-14-20(19-11-15(7-9-29(19)28-14)12-25-8-10-32-2)22-21(23(30)27-24(22)31)17-13-26-18-6-4-3-5-16(17)18/h3-7,9,11,13,25-26H,8,10,12H2,1-2H3,(H,27,30,31). The summed E-state index contributed by atoms with van der Waals surface area (Å²) in [6.45, 7) is 3.87. The number of imide groups is 1. The highest BCUT2D eigenvalue weighted by Gasteiger charge is 2.35. The lowest BCUT2D eigenvalue weighted by Gasteiger charge is -2.07. The van der Waals surface area contributed by atoms with E-state index in [4.69, 9.17) is 4.74 Å². The highest BCUT2D eigenvalue weighted by molar-refractivity contribution is 6.50. The van der Waals surface area contributed by atoms with E-state index >= 15 is 0 Å². The molecule has 3 aromatic heterocycles. The molecule has 1 aliphatic rings. The number of nitrogens with zero attached hydrogens (tertiary/aromatic N) is 2. The van der Waals surface area contributed by atoms with Gasteiger partial charge in [-0.3, -0.25) is 14.9 Å². The molecule has 0 saturated carbocycles. The number of ether oxygens (including phenoxy) is 1. The van der Waals surface area contributed by atoms with Gasteiger partial charge >= 0.3 is 0 Å². The van der Waals surface area contributed by atoms with Gasteiger partial charge in [-0.25, -0.2) is 4.52 Å². The number of benzene rings is 1. The molecule has 8 heteroatoms. The predicted molar refractivity (Wildman–Crippen MR) is 122 cm³/mol. The molecule has 0 saturated heterocycles. The van der Waals surface area contributed by atoms with Crippen LogP contribution in [0.3, 0.4) is 0 Å². The van der Waals surface area contributed by atoms with Crippen molar-refractivity contribution in [1.82, 2.24) is 25.2 Å². The average molecular weight is 429 g/mol. The Morgan fingerprint density at radius 2 is 1.94 bits per heavy atom. The summed E-state index contributed by atoms with van der Waals surface area (Å²) in [5, 5.41) is 11.3. The normalized spacial score (nSPS) is 14.2. The molecule has 162 valence electrons. The highest BCUT2D eigenvalue weighted by atomic mass is 16.5. The molecule has 5 rings (SSSR count). The molecular weight excluding hydrogens is 406 g/mol. The summed E-state index contributed by atoms with van der Waals surface area (Å²) in [6.07, 6.45) is 3.66. The van der Waals surface area contributed by atoms with Gasteiger partial charge in [-0.1, -0.05) is 18.2 Å². The minimum Gasteiger partial charge on any atom is -0.383 e. The van der Waals surface area contributed by atoms with E-state index in [0.29, 0.717) is 41.1 Å². The molecule has 1 aliphatic heterocycles. The number of aromatic nitrogens is 3. The van der Waals surface area contributed by atoms with Crippen LogP contribution in [0.2, 0.25) is 0 Å². The second kappa shape index (κ2) is 8.07. The number of H-pyrrole nitrogens is 1. The van der Waals surface area contributed by atoms with Crippen LogP contribution in [-0.2, 0) is 20.9 Å². The van der Waals surface area contributed by atoms with Crippen LogP contribution in [0, 0.1) is 6.92 Å². The third-order valence-corrected chi connectivity index (χ3v) is 5.73. The van der Waals surface area contributed by atoms with Crippen LogP contribution in [0.1, 0.15) is 22.4 Å². The van der Waals surface area contributed by atoms with Crippen molar-refractivity contribution >= 4 is 39.4 Å². The Balaban J connectivity index is 1.67. The lowest BCUT2D eigenvalue weighted by Crippen LogP contribution is -2.22. The van der Waals surface area contributed by atoms with Gasteiger partial charge in [0.2, 0.25) is 0 Å². The number of rotatable bonds is 7. The second-order valence-corrected chi connectivity index (χ2v) is 7.78. The Kier molecular flexibility index (Phi) is 5.08. The molecule has 1 aromatic carbocycles. The number of carbonyl (C=O) groups excluding carboxylic acids is 2. The van der Waals surface area contributed by atoms with Crippen LogP contribution in [0.25, 0.3) is 27.6 Å². The van der Waals surface area contributed by atoms with E-state index in [0.717, 1.165) is 28.5 Å². The van der Waals surface area contributed by atoms with Crippen molar-refractivity contribution in [3.63, 3.8) is 0 Å². The van der Waals surface area contributed by atoms with Crippen molar-refractivity contribution < 1.29 is 14.3 Å². The van der Waals surface area contributed by atoms with Crippen molar-refractivity contribution in [2.45, 2.75) is 13.5 Å². The quantitative estimate of drug-likeness (QED) is 0.309. The van der Waals surface area contributed by atoms with Gasteiger partial charge in [-0.2, -0.15) is 5.10 Å². The van der Waals surface area contributed by atoms with Gasteiger partial charge in [0.15, 0.2) is 0 Å². The summed E-state index contributed by atoms with van der Waals surface area (Å²) in [6, 6.07) is 11.7. The van der Waals surface area contributed by atoms with Crippen LogP contribution in [0.5, 0.6) is 0 Å². The van der Waals surface area contributed by atoms with Gasteiger partial charge in [-0.05, 0) is 30.7 Å². The first-order valence-electron chi connectivity index (χ1n) is 10.4. The van der Waals surface area contributed by atoms with Gasteiger partial charge < -0.3 is 15.0 Å². The first-order chi connectivity index (χ1) is 15.6. The molecule has 0 fully saturated rings. The lowest BCUT2D eigenvalue weighted by molar-refractivity contribution is -0.122. The summed E-state index contributed by atoms with van der Waals surface area (Å²) < 4.78 is 6.83. The number of methoxy groups -OCH3 is 1. The van der Waals surface area contributed by atoms with E-state index < -0.39 is 11.8 Å². The third-order valence-electron chi connectivity index (χ3n) is 5.73. The smallest absolute Gasteiger partial charge is 0.259 e. The Bertz CT molecular complexity index is 1400. The zero-order valence-electron chi connectivity index (χ0n) is 17.9. The number of carbonyl (C=O) groups is 2. The Morgan fingerprint density at radius 3 is 2.78 bits per heavy atom. The van der Waals surface area contributed by atoms with E-state index in [1.54, 1.807) is 17.8 Å². The predicted octanol–water partition coefficient (Wildman–Crippen LogP) is 2.43. The maximum atomic E-state index is 13.0. The van der Waals surface area contributed by atoms with Crippen molar-refractivity contribution in [2.24, 2.45) is 0 Å². The molecule has 3 N–H and O–H groups in total. The van der Waals surface area contributed by atoms with Gasteiger partial charge in [0.05, 0.1) is 29.0 Å². The number of hydrogen-bond acceptors (Lipinski definition) is 5. The fourth-order valence-corrected chi connectivity index (χ4v) is 4.26. The van der Waals surface area contributed by atoms with E-state index in [9.17, 15) is 9.59 Å².